The number of carboxylic acids is 1. The lowest BCUT2D eigenvalue weighted by Gasteiger charge is -2.33. The van der Waals surface area contributed by atoms with Gasteiger partial charge in [0, 0.05) is 39.4 Å². The van der Waals surface area contributed by atoms with Crippen LogP contribution in [-0.2, 0) is 21.9 Å². The monoisotopic (exact) mass is 410 g/mol. The third-order valence-electron chi connectivity index (χ3n) is 4.92. The first-order valence-corrected chi connectivity index (χ1v) is 10.1. The molecule has 1 saturated heterocycles. The number of rotatable bonds is 5. The normalized spacial score (nSPS) is 16.9. The van der Waals surface area contributed by atoms with Crippen molar-refractivity contribution in [2.45, 2.75) is 24.8 Å². The highest BCUT2D eigenvalue weighted by Crippen LogP contribution is 2.21. The number of aliphatic carboxylic acids is 1. The highest BCUT2D eigenvalue weighted by Gasteiger charge is 2.33. The molecule has 3 heterocycles. The molecule has 0 spiro atoms. The number of hydrogen-bond acceptors (Lipinski definition) is 6. The van der Waals surface area contributed by atoms with E-state index in [1.165, 1.54) is 44.0 Å². The van der Waals surface area contributed by atoms with Crippen molar-refractivity contribution in [3.05, 3.63) is 29.8 Å². The molecule has 1 unspecified atom stereocenters. The van der Waals surface area contributed by atoms with Crippen LogP contribution in [0, 0.1) is 6.92 Å². The Kier molecular flexibility index (Phi) is 5.26. The summed E-state index contributed by atoms with van der Waals surface area (Å²) in [6, 6.07) is 0.579. The minimum Gasteiger partial charge on any atom is -0.480 e. The summed E-state index contributed by atoms with van der Waals surface area (Å²) in [4.78, 5) is 25.3. The van der Waals surface area contributed by atoms with Crippen LogP contribution < -0.4 is 0 Å². The van der Waals surface area contributed by atoms with Gasteiger partial charge in [0.05, 0.1) is 11.9 Å². The molecule has 12 heteroatoms. The Morgan fingerprint density at radius 2 is 1.86 bits per heavy atom. The van der Waals surface area contributed by atoms with Crippen molar-refractivity contribution >= 4 is 21.9 Å². The molecule has 1 fully saturated rings. The van der Waals surface area contributed by atoms with Crippen LogP contribution in [0.5, 0.6) is 0 Å². The Morgan fingerprint density at radius 1 is 1.21 bits per heavy atom. The Morgan fingerprint density at radius 3 is 2.39 bits per heavy atom. The molecule has 0 bridgehead atoms. The first-order chi connectivity index (χ1) is 13.1. The standard InChI is InChI=1S/C16H22N6O5S/c1-11-14(10-17-19(11)3)28(26,27)21-8-6-20(7-9-21)15(23)13-4-5-22(18-13)12(2)16(24)25/h4-5,10,12H,6-9H2,1-3H3,(H,24,25). The molecule has 0 aromatic carbocycles. The van der Waals surface area contributed by atoms with Gasteiger partial charge in [0.25, 0.3) is 5.91 Å². The van der Waals surface area contributed by atoms with Crippen molar-refractivity contribution in [1.82, 2.24) is 28.8 Å². The third kappa shape index (κ3) is 3.52. The van der Waals surface area contributed by atoms with Crippen LogP contribution in [-0.4, -0.2) is 80.3 Å². The largest absolute Gasteiger partial charge is 0.480 e. The van der Waals surface area contributed by atoms with Crippen LogP contribution in [0.1, 0.15) is 29.1 Å². The zero-order valence-corrected chi connectivity index (χ0v) is 16.6. The quantitative estimate of drug-likeness (QED) is 0.717. The molecular formula is C16H22N6O5S. The van der Waals surface area contributed by atoms with E-state index in [9.17, 15) is 18.0 Å². The zero-order valence-electron chi connectivity index (χ0n) is 15.8. The SMILES string of the molecule is Cc1c(S(=O)(=O)N2CCN(C(=O)c3ccn(C(C)C(=O)O)n3)CC2)cnn1C. The van der Waals surface area contributed by atoms with Crippen molar-refractivity contribution in [2.24, 2.45) is 7.05 Å². The average molecular weight is 410 g/mol. The Hall–Kier alpha value is -2.73. The van der Waals surface area contributed by atoms with Crippen molar-refractivity contribution in [3.63, 3.8) is 0 Å². The summed E-state index contributed by atoms with van der Waals surface area (Å²) < 4.78 is 29.7. The summed E-state index contributed by atoms with van der Waals surface area (Å²) >= 11 is 0. The third-order valence-corrected chi connectivity index (χ3v) is 6.92. The number of carbonyl (C=O) groups is 2. The Bertz CT molecular complexity index is 1000. The molecule has 0 radical (unpaired) electrons. The molecule has 28 heavy (non-hydrogen) atoms. The lowest BCUT2D eigenvalue weighted by molar-refractivity contribution is -0.140. The number of carbonyl (C=O) groups excluding carboxylic acids is 1. The van der Waals surface area contributed by atoms with Gasteiger partial charge >= 0.3 is 5.97 Å². The first kappa shape index (κ1) is 20.0. The van der Waals surface area contributed by atoms with Crippen LogP contribution in [0.3, 0.4) is 0 Å². The van der Waals surface area contributed by atoms with Gasteiger partial charge in [0.15, 0.2) is 0 Å². The van der Waals surface area contributed by atoms with E-state index in [1.807, 2.05) is 0 Å². The molecular weight excluding hydrogens is 388 g/mol. The predicted molar refractivity (Wildman–Crippen MR) is 97.2 cm³/mol. The van der Waals surface area contributed by atoms with Gasteiger partial charge in [-0.05, 0) is 19.9 Å². The fourth-order valence-electron chi connectivity index (χ4n) is 2.95. The van der Waals surface area contributed by atoms with Gasteiger partial charge < -0.3 is 10.0 Å². The van der Waals surface area contributed by atoms with Crippen molar-refractivity contribution < 1.29 is 23.1 Å². The highest BCUT2D eigenvalue weighted by atomic mass is 32.2. The van der Waals surface area contributed by atoms with Gasteiger partial charge in [0.2, 0.25) is 10.0 Å². The first-order valence-electron chi connectivity index (χ1n) is 8.69. The number of sulfonamides is 1. The summed E-state index contributed by atoms with van der Waals surface area (Å²) in [7, 11) is -2.00. The lowest BCUT2D eigenvalue weighted by atomic mass is 10.3. The van der Waals surface area contributed by atoms with E-state index in [4.69, 9.17) is 5.11 Å². The summed E-state index contributed by atoms with van der Waals surface area (Å²) in [6.07, 6.45) is 2.77. The fourth-order valence-corrected chi connectivity index (χ4v) is 4.55. The van der Waals surface area contributed by atoms with E-state index in [-0.39, 0.29) is 42.7 Å². The molecule has 1 N–H and O–H groups in total. The molecule has 0 aliphatic carbocycles. The van der Waals surface area contributed by atoms with Gasteiger partial charge in [0.1, 0.15) is 16.6 Å². The molecule has 1 atom stereocenters. The summed E-state index contributed by atoms with van der Waals surface area (Å²) in [6.45, 7) is 3.92. The lowest BCUT2D eigenvalue weighted by Crippen LogP contribution is -2.50. The maximum atomic E-state index is 12.8. The number of aryl methyl sites for hydroxylation is 1. The van der Waals surface area contributed by atoms with E-state index < -0.39 is 22.0 Å². The van der Waals surface area contributed by atoms with Gasteiger partial charge in [-0.15, -0.1) is 0 Å². The van der Waals surface area contributed by atoms with Gasteiger partial charge in [-0.1, -0.05) is 0 Å². The summed E-state index contributed by atoms with van der Waals surface area (Å²) in [5.74, 6) is -1.41. The van der Waals surface area contributed by atoms with Crippen LogP contribution in [0.2, 0.25) is 0 Å². The zero-order chi connectivity index (χ0) is 20.6. The maximum absolute atomic E-state index is 12.8. The van der Waals surface area contributed by atoms with E-state index in [1.54, 1.807) is 14.0 Å². The second-order valence-electron chi connectivity index (χ2n) is 6.61. The second-order valence-corrected chi connectivity index (χ2v) is 8.52. The van der Waals surface area contributed by atoms with Gasteiger partial charge in [-0.2, -0.15) is 14.5 Å². The van der Waals surface area contributed by atoms with Crippen LogP contribution >= 0.6 is 0 Å². The molecule has 1 amide bonds. The minimum absolute atomic E-state index is 0.132. The van der Waals surface area contributed by atoms with Crippen molar-refractivity contribution in [2.75, 3.05) is 26.2 Å². The highest BCUT2D eigenvalue weighted by molar-refractivity contribution is 7.89. The van der Waals surface area contributed by atoms with Crippen LogP contribution in [0.25, 0.3) is 0 Å². The van der Waals surface area contributed by atoms with Crippen LogP contribution in [0.4, 0.5) is 0 Å². The Balaban J connectivity index is 1.68. The maximum Gasteiger partial charge on any atom is 0.328 e. The second kappa shape index (κ2) is 7.36. The molecule has 1 aliphatic heterocycles. The molecule has 1 aliphatic rings. The van der Waals surface area contributed by atoms with E-state index in [0.717, 1.165) is 0 Å². The molecule has 2 aromatic heterocycles. The predicted octanol–water partition coefficient (Wildman–Crippen LogP) is -0.283. The molecule has 2 aromatic rings. The Labute approximate surface area is 162 Å². The van der Waals surface area contributed by atoms with E-state index in [2.05, 4.69) is 10.2 Å². The number of aromatic nitrogens is 4. The summed E-state index contributed by atoms with van der Waals surface area (Å²) in [5, 5.41) is 17.0. The van der Waals surface area contributed by atoms with Crippen LogP contribution in [0.15, 0.2) is 23.4 Å². The number of carboxylic acid groups (broad SMARTS) is 1. The van der Waals surface area contributed by atoms with Crippen molar-refractivity contribution in [1.29, 1.82) is 0 Å². The minimum atomic E-state index is -3.68. The fraction of sp³-hybridized carbons (Fsp3) is 0.500. The number of amides is 1. The number of piperazine rings is 1. The van der Waals surface area contributed by atoms with Gasteiger partial charge in [-0.25, -0.2) is 13.2 Å². The molecule has 3 rings (SSSR count). The smallest absolute Gasteiger partial charge is 0.328 e. The van der Waals surface area contributed by atoms with E-state index >= 15 is 0 Å². The number of nitrogens with zero attached hydrogens (tertiary/aromatic N) is 6. The number of hydrogen-bond donors (Lipinski definition) is 1. The average Bonchev–Trinajstić information content (AvgIpc) is 3.28. The van der Waals surface area contributed by atoms with Crippen molar-refractivity contribution in [3.8, 4) is 0 Å². The van der Waals surface area contributed by atoms with Gasteiger partial charge in [-0.3, -0.25) is 14.2 Å². The summed E-state index contributed by atoms with van der Waals surface area (Å²) in [5.41, 5.74) is 0.684. The topological polar surface area (TPSA) is 131 Å². The van der Waals surface area contributed by atoms with E-state index in [0.29, 0.717) is 5.69 Å². The molecule has 0 saturated carbocycles. The molecule has 11 nitrogen and oxygen atoms in total. The molecule has 152 valence electrons.